The molecule has 2 nitrogen and oxygen atoms in total. The molecule has 4 rings (SSSR count). The molecule has 0 bridgehead atoms. The van der Waals surface area contributed by atoms with Gasteiger partial charge >= 0.3 is 0 Å². The second kappa shape index (κ2) is 3.93. The van der Waals surface area contributed by atoms with Gasteiger partial charge in [0.2, 0.25) is 0 Å². The second-order valence-electron chi connectivity index (χ2n) is 4.69. The maximum absolute atomic E-state index is 4.42. The average Bonchev–Trinajstić information content (AvgIpc) is 3.08. The molecule has 0 fully saturated rings. The van der Waals surface area contributed by atoms with Crippen molar-refractivity contribution in [2.45, 2.75) is 6.92 Å². The number of fused-ring (bicyclic) bond motifs is 2. The standard InChI is InChI=1S/C16H12N2S/c1-10-2-3-11(13-5-7-17-15(10)13)12-4-8-18-16-14(12)6-9-19-16/h2-9,17H,1H3. The van der Waals surface area contributed by atoms with E-state index in [9.17, 15) is 0 Å². The van der Waals surface area contributed by atoms with E-state index in [1.807, 2.05) is 12.4 Å². The third-order valence-electron chi connectivity index (χ3n) is 3.59. The van der Waals surface area contributed by atoms with Gasteiger partial charge in [-0.25, -0.2) is 4.98 Å². The Hall–Kier alpha value is -2.13. The zero-order valence-electron chi connectivity index (χ0n) is 10.5. The summed E-state index contributed by atoms with van der Waals surface area (Å²) in [6.07, 6.45) is 3.90. The van der Waals surface area contributed by atoms with E-state index < -0.39 is 0 Å². The summed E-state index contributed by atoms with van der Waals surface area (Å²) < 4.78 is 0. The number of aromatic nitrogens is 2. The minimum absolute atomic E-state index is 1.10. The molecule has 1 N–H and O–H groups in total. The Kier molecular flexibility index (Phi) is 2.23. The molecule has 0 aliphatic rings. The van der Waals surface area contributed by atoms with Crippen LogP contribution in [0.3, 0.4) is 0 Å². The first kappa shape index (κ1) is 10.8. The van der Waals surface area contributed by atoms with Crippen LogP contribution in [0.4, 0.5) is 0 Å². The predicted molar refractivity (Wildman–Crippen MR) is 81.6 cm³/mol. The Bertz CT molecular complexity index is 886. The van der Waals surface area contributed by atoms with Crippen LogP contribution in [0.5, 0.6) is 0 Å². The van der Waals surface area contributed by atoms with Crippen LogP contribution in [0.25, 0.3) is 32.2 Å². The highest BCUT2D eigenvalue weighted by Crippen LogP contribution is 2.35. The molecule has 0 unspecified atom stereocenters. The number of nitrogens with one attached hydrogen (secondary N) is 1. The topological polar surface area (TPSA) is 28.7 Å². The lowest BCUT2D eigenvalue weighted by Crippen LogP contribution is -1.84. The Morgan fingerprint density at radius 3 is 2.84 bits per heavy atom. The van der Waals surface area contributed by atoms with Crippen LogP contribution in [0.15, 0.2) is 48.1 Å². The number of rotatable bonds is 1. The number of aromatic amines is 1. The number of pyridine rings is 1. The summed E-state index contributed by atoms with van der Waals surface area (Å²) in [5, 5.41) is 4.61. The Morgan fingerprint density at radius 1 is 1.00 bits per heavy atom. The van der Waals surface area contributed by atoms with Gasteiger partial charge in [0.15, 0.2) is 0 Å². The van der Waals surface area contributed by atoms with Crippen molar-refractivity contribution >= 4 is 32.5 Å². The SMILES string of the molecule is Cc1ccc(-c2ccnc3sccc23)c2cc[nH]c12. The van der Waals surface area contributed by atoms with Gasteiger partial charge in [0.05, 0.1) is 0 Å². The molecule has 0 saturated heterocycles. The number of benzene rings is 1. The van der Waals surface area contributed by atoms with Gasteiger partial charge in [-0.05, 0) is 47.2 Å². The highest BCUT2D eigenvalue weighted by atomic mass is 32.1. The lowest BCUT2D eigenvalue weighted by Gasteiger charge is -2.07. The zero-order chi connectivity index (χ0) is 12.8. The van der Waals surface area contributed by atoms with Gasteiger partial charge in [0.1, 0.15) is 4.83 Å². The smallest absolute Gasteiger partial charge is 0.123 e. The molecule has 0 saturated carbocycles. The fourth-order valence-corrected chi connectivity index (χ4v) is 3.41. The second-order valence-corrected chi connectivity index (χ2v) is 5.59. The first-order chi connectivity index (χ1) is 9.34. The van der Waals surface area contributed by atoms with Crippen molar-refractivity contribution in [3.05, 3.63) is 53.7 Å². The van der Waals surface area contributed by atoms with E-state index in [0.717, 1.165) is 4.83 Å². The molecule has 0 aliphatic heterocycles. The van der Waals surface area contributed by atoms with Crippen molar-refractivity contribution in [1.82, 2.24) is 9.97 Å². The lowest BCUT2D eigenvalue weighted by atomic mass is 9.98. The van der Waals surface area contributed by atoms with Crippen LogP contribution in [-0.2, 0) is 0 Å². The zero-order valence-corrected chi connectivity index (χ0v) is 11.3. The molecule has 19 heavy (non-hydrogen) atoms. The molecule has 0 amide bonds. The summed E-state index contributed by atoms with van der Waals surface area (Å²) in [6, 6.07) is 10.8. The molecule has 3 heteroatoms. The molecule has 0 atom stereocenters. The Morgan fingerprint density at radius 2 is 1.89 bits per heavy atom. The maximum Gasteiger partial charge on any atom is 0.123 e. The molecule has 92 valence electrons. The van der Waals surface area contributed by atoms with Crippen molar-refractivity contribution in [2.75, 3.05) is 0 Å². The first-order valence-corrected chi connectivity index (χ1v) is 7.12. The fourth-order valence-electron chi connectivity index (χ4n) is 2.65. The predicted octanol–water partition coefficient (Wildman–Crippen LogP) is 4.75. The summed E-state index contributed by atoms with van der Waals surface area (Å²) in [5.41, 5.74) is 5.03. The highest BCUT2D eigenvalue weighted by molar-refractivity contribution is 7.16. The van der Waals surface area contributed by atoms with Crippen LogP contribution >= 0.6 is 11.3 Å². The summed E-state index contributed by atoms with van der Waals surface area (Å²) >= 11 is 1.69. The quantitative estimate of drug-likeness (QED) is 0.528. The van der Waals surface area contributed by atoms with E-state index >= 15 is 0 Å². The normalized spacial score (nSPS) is 11.4. The average molecular weight is 264 g/mol. The third-order valence-corrected chi connectivity index (χ3v) is 4.41. The van der Waals surface area contributed by atoms with Gasteiger partial charge in [0, 0.05) is 28.7 Å². The van der Waals surface area contributed by atoms with Gasteiger partial charge in [-0.15, -0.1) is 11.3 Å². The van der Waals surface area contributed by atoms with E-state index in [0.29, 0.717) is 0 Å². The number of nitrogens with zero attached hydrogens (tertiary/aromatic N) is 1. The van der Waals surface area contributed by atoms with E-state index in [2.05, 4.69) is 52.6 Å². The summed E-state index contributed by atoms with van der Waals surface area (Å²) in [5.74, 6) is 0. The van der Waals surface area contributed by atoms with Crippen LogP contribution in [0, 0.1) is 6.92 Å². The van der Waals surface area contributed by atoms with Crippen LogP contribution < -0.4 is 0 Å². The van der Waals surface area contributed by atoms with Crippen LogP contribution in [-0.4, -0.2) is 9.97 Å². The van der Waals surface area contributed by atoms with E-state index in [1.165, 1.54) is 33.0 Å². The summed E-state index contributed by atoms with van der Waals surface area (Å²) in [7, 11) is 0. The fraction of sp³-hybridized carbons (Fsp3) is 0.0625. The summed E-state index contributed by atoms with van der Waals surface area (Å²) in [6.45, 7) is 2.13. The van der Waals surface area contributed by atoms with Gasteiger partial charge in [-0.1, -0.05) is 12.1 Å². The van der Waals surface area contributed by atoms with Crippen LogP contribution in [0.1, 0.15) is 5.56 Å². The van der Waals surface area contributed by atoms with E-state index in [-0.39, 0.29) is 0 Å². The molecule has 3 heterocycles. The van der Waals surface area contributed by atoms with Gasteiger partial charge in [-0.3, -0.25) is 0 Å². The van der Waals surface area contributed by atoms with Crippen molar-refractivity contribution in [1.29, 1.82) is 0 Å². The van der Waals surface area contributed by atoms with E-state index in [4.69, 9.17) is 0 Å². The van der Waals surface area contributed by atoms with Crippen molar-refractivity contribution in [3.63, 3.8) is 0 Å². The number of H-pyrrole nitrogens is 1. The van der Waals surface area contributed by atoms with Crippen molar-refractivity contribution < 1.29 is 0 Å². The molecular weight excluding hydrogens is 252 g/mol. The largest absolute Gasteiger partial charge is 0.361 e. The van der Waals surface area contributed by atoms with Crippen molar-refractivity contribution in [3.8, 4) is 11.1 Å². The third kappa shape index (κ3) is 1.52. The van der Waals surface area contributed by atoms with Crippen LogP contribution in [0.2, 0.25) is 0 Å². The number of hydrogen-bond donors (Lipinski definition) is 1. The number of aryl methyl sites for hydroxylation is 1. The first-order valence-electron chi connectivity index (χ1n) is 6.24. The summed E-state index contributed by atoms with van der Waals surface area (Å²) in [4.78, 5) is 8.85. The number of hydrogen-bond acceptors (Lipinski definition) is 2. The molecule has 3 aromatic heterocycles. The number of thiophene rings is 1. The lowest BCUT2D eigenvalue weighted by molar-refractivity contribution is 1.41. The highest BCUT2D eigenvalue weighted by Gasteiger charge is 2.10. The molecular formula is C16H12N2S. The van der Waals surface area contributed by atoms with Gasteiger partial charge in [0.25, 0.3) is 0 Å². The monoisotopic (exact) mass is 264 g/mol. The van der Waals surface area contributed by atoms with Crippen molar-refractivity contribution in [2.24, 2.45) is 0 Å². The molecule has 0 radical (unpaired) electrons. The Labute approximate surface area is 114 Å². The minimum Gasteiger partial charge on any atom is -0.361 e. The maximum atomic E-state index is 4.42. The van der Waals surface area contributed by atoms with E-state index in [1.54, 1.807) is 11.3 Å². The molecule has 1 aromatic carbocycles. The molecule has 4 aromatic rings. The van der Waals surface area contributed by atoms with Gasteiger partial charge < -0.3 is 4.98 Å². The molecule has 0 aliphatic carbocycles. The van der Waals surface area contributed by atoms with Gasteiger partial charge in [-0.2, -0.15) is 0 Å². The minimum atomic E-state index is 1.10. The molecule has 0 spiro atoms. The Balaban J connectivity index is 2.12.